The Morgan fingerprint density at radius 3 is 2.40 bits per heavy atom. The van der Waals surface area contributed by atoms with E-state index in [4.69, 9.17) is 25.5 Å². The maximum Gasteiger partial charge on any atom is 0.262 e. The van der Waals surface area contributed by atoms with Crippen LogP contribution in [0.4, 0.5) is 5.69 Å². The standard InChI is InChI=1S/C32H24ClNO6/c1-2-20-8-11-23(12-9-20)40-29-18-39-28-17-24(13-14-25(28)32(29)37)38-19-30(35)34-27-15-10-22(33)16-26(27)31(36)21-6-4-3-5-7-21/h3-18H,2,19H2,1H3,(H,34,35). The fourth-order valence-electron chi connectivity index (χ4n) is 4.06. The molecule has 40 heavy (non-hydrogen) atoms. The summed E-state index contributed by atoms with van der Waals surface area (Å²) in [6.45, 7) is 1.72. The zero-order valence-corrected chi connectivity index (χ0v) is 22.2. The minimum Gasteiger partial charge on any atom is -0.484 e. The highest BCUT2D eigenvalue weighted by Gasteiger charge is 2.17. The van der Waals surface area contributed by atoms with Crippen LogP contribution in [0.15, 0.2) is 106 Å². The predicted molar refractivity (Wildman–Crippen MR) is 154 cm³/mol. The lowest BCUT2D eigenvalue weighted by Gasteiger charge is -2.12. The van der Waals surface area contributed by atoms with Crippen LogP contribution in [-0.4, -0.2) is 18.3 Å². The van der Waals surface area contributed by atoms with Crippen molar-refractivity contribution in [1.29, 1.82) is 0 Å². The first kappa shape index (κ1) is 26.7. The van der Waals surface area contributed by atoms with E-state index in [0.717, 1.165) is 12.0 Å². The molecule has 0 aliphatic carbocycles. The Labute approximate surface area is 234 Å². The molecule has 1 heterocycles. The van der Waals surface area contributed by atoms with E-state index >= 15 is 0 Å². The van der Waals surface area contributed by atoms with E-state index in [2.05, 4.69) is 12.2 Å². The molecule has 1 amide bonds. The van der Waals surface area contributed by atoms with Gasteiger partial charge in [0.1, 0.15) is 23.3 Å². The first-order valence-electron chi connectivity index (χ1n) is 12.6. The third-order valence-corrected chi connectivity index (χ3v) is 6.42. The van der Waals surface area contributed by atoms with E-state index in [-0.39, 0.29) is 34.7 Å². The van der Waals surface area contributed by atoms with Gasteiger partial charge in [-0.05, 0) is 54.4 Å². The molecular formula is C32H24ClNO6. The van der Waals surface area contributed by atoms with Gasteiger partial charge < -0.3 is 19.2 Å². The smallest absolute Gasteiger partial charge is 0.262 e. The van der Waals surface area contributed by atoms with Crippen LogP contribution in [0.2, 0.25) is 5.02 Å². The number of ether oxygens (including phenoxy) is 2. The minimum absolute atomic E-state index is 0.0635. The van der Waals surface area contributed by atoms with Crippen molar-refractivity contribution in [2.45, 2.75) is 13.3 Å². The third-order valence-electron chi connectivity index (χ3n) is 6.18. The number of ketones is 1. The molecule has 1 aromatic heterocycles. The Balaban J connectivity index is 1.26. The van der Waals surface area contributed by atoms with Crippen molar-refractivity contribution in [3.05, 3.63) is 129 Å². The van der Waals surface area contributed by atoms with E-state index in [1.165, 1.54) is 18.4 Å². The van der Waals surface area contributed by atoms with Crippen LogP contribution in [0.25, 0.3) is 11.0 Å². The molecule has 0 fully saturated rings. The van der Waals surface area contributed by atoms with Gasteiger partial charge in [-0.15, -0.1) is 0 Å². The van der Waals surface area contributed by atoms with Gasteiger partial charge in [-0.3, -0.25) is 14.4 Å². The van der Waals surface area contributed by atoms with Crippen LogP contribution in [0.3, 0.4) is 0 Å². The Bertz CT molecular complexity index is 1750. The van der Waals surface area contributed by atoms with Crippen LogP contribution < -0.4 is 20.2 Å². The minimum atomic E-state index is -0.483. The second-order valence-electron chi connectivity index (χ2n) is 8.91. The lowest BCUT2D eigenvalue weighted by molar-refractivity contribution is -0.118. The van der Waals surface area contributed by atoms with E-state index in [1.807, 2.05) is 18.2 Å². The number of carbonyl (C=O) groups is 2. The summed E-state index contributed by atoms with van der Waals surface area (Å²) in [5, 5.41) is 3.39. The number of carbonyl (C=O) groups excluding carboxylic acids is 2. The molecule has 0 saturated heterocycles. The van der Waals surface area contributed by atoms with Crippen molar-refractivity contribution < 1.29 is 23.5 Å². The van der Waals surface area contributed by atoms with Crippen LogP contribution >= 0.6 is 11.6 Å². The molecule has 0 saturated carbocycles. The number of hydrogen-bond donors (Lipinski definition) is 1. The van der Waals surface area contributed by atoms with E-state index in [1.54, 1.807) is 60.7 Å². The van der Waals surface area contributed by atoms with Gasteiger partial charge in [0, 0.05) is 22.2 Å². The molecule has 0 aliphatic heterocycles. The maximum atomic E-state index is 13.0. The maximum absolute atomic E-state index is 13.0. The number of nitrogens with one attached hydrogen (secondary N) is 1. The highest BCUT2D eigenvalue weighted by atomic mass is 35.5. The van der Waals surface area contributed by atoms with Crippen LogP contribution in [-0.2, 0) is 11.2 Å². The normalized spacial score (nSPS) is 10.8. The van der Waals surface area contributed by atoms with Crippen molar-refractivity contribution >= 4 is 39.9 Å². The van der Waals surface area contributed by atoms with E-state index in [0.29, 0.717) is 33.2 Å². The number of benzene rings is 4. The Kier molecular flexibility index (Phi) is 7.94. The fraction of sp³-hybridized carbons (Fsp3) is 0.0938. The number of fused-ring (bicyclic) bond motifs is 1. The molecule has 7 nitrogen and oxygen atoms in total. The van der Waals surface area contributed by atoms with Gasteiger partial charge in [-0.2, -0.15) is 0 Å². The summed E-state index contributed by atoms with van der Waals surface area (Å²) in [7, 11) is 0. The fourth-order valence-corrected chi connectivity index (χ4v) is 4.24. The summed E-state index contributed by atoms with van der Waals surface area (Å²) in [4.78, 5) is 38.6. The summed E-state index contributed by atoms with van der Waals surface area (Å²) in [5.74, 6) is 0.165. The van der Waals surface area contributed by atoms with Gasteiger partial charge in [0.05, 0.1) is 11.1 Å². The molecular weight excluding hydrogens is 530 g/mol. The number of halogens is 1. The van der Waals surface area contributed by atoms with Crippen molar-refractivity contribution in [1.82, 2.24) is 0 Å². The van der Waals surface area contributed by atoms with Crippen LogP contribution in [0.1, 0.15) is 28.4 Å². The zero-order chi connectivity index (χ0) is 28.1. The van der Waals surface area contributed by atoms with Gasteiger partial charge in [0.2, 0.25) is 11.2 Å². The van der Waals surface area contributed by atoms with Gasteiger partial charge in [0.25, 0.3) is 5.91 Å². The van der Waals surface area contributed by atoms with Gasteiger partial charge in [0.15, 0.2) is 12.4 Å². The number of aryl methyl sites for hydroxylation is 1. The molecule has 5 rings (SSSR count). The molecule has 0 spiro atoms. The quantitative estimate of drug-likeness (QED) is 0.197. The molecule has 4 aromatic carbocycles. The summed E-state index contributed by atoms with van der Waals surface area (Å²) in [6, 6.07) is 25.5. The summed E-state index contributed by atoms with van der Waals surface area (Å²) < 4.78 is 17.0. The first-order valence-corrected chi connectivity index (χ1v) is 12.9. The average Bonchev–Trinajstić information content (AvgIpc) is 2.99. The second-order valence-corrected chi connectivity index (χ2v) is 9.34. The van der Waals surface area contributed by atoms with Crippen molar-refractivity contribution in [3.63, 3.8) is 0 Å². The summed E-state index contributed by atoms with van der Waals surface area (Å²) in [6.07, 6.45) is 2.15. The third kappa shape index (κ3) is 6.06. The molecule has 200 valence electrons. The van der Waals surface area contributed by atoms with Crippen LogP contribution in [0.5, 0.6) is 17.2 Å². The van der Waals surface area contributed by atoms with Gasteiger partial charge in [-0.1, -0.05) is 61.0 Å². The van der Waals surface area contributed by atoms with Crippen molar-refractivity contribution in [2.24, 2.45) is 0 Å². The molecule has 5 aromatic rings. The van der Waals surface area contributed by atoms with Crippen molar-refractivity contribution in [2.75, 3.05) is 11.9 Å². The number of rotatable bonds is 9. The van der Waals surface area contributed by atoms with E-state index in [9.17, 15) is 14.4 Å². The lowest BCUT2D eigenvalue weighted by atomic mass is 10.0. The molecule has 0 aliphatic rings. The highest BCUT2D eigenvalue weighted by Crippen LogP contribution is 2.26. The number of hydrogen-bond acceptors (Lipinski definition) is 6. The first-order chi connectivity index (χ1) is 19.4. The van der Waals surface area contributed by atoms with Gasteiger partial charge in [-0.25, -0.2) is 0 Å². The molecule has 1 N–H and O–H groups in total. The highest BCUT2D eigenvalue weighted by molar-refractivity contribution is 6.31. The lowest BCUT2D eigenvalue weighted by Crippen LogP contribution is -2.21. The van der Waals surface area contributed by atoms with Crippen LogP contribution in [0, 0.1) is 0 Å². The summed E-state index contributed by atoms with van der Waals surface area (Å²) in [5.41, 5.74) is 2.16. The topological polar surface area (TPSA) is 94.8 Å². The van der Waals surface area contributed by atoms with Crippen molar-refractivity contribution in [3.8, 4) is 17.2 Å². The largest absolute Gasteiger partial charge is 0.484 e. The van der Waals surface area contributed by atoms with E-state index < -0.39 is 5.91 Å². The Hall–Kier alpha value is -4.88. The molecule has 0 atom stereocenters. The molecule has 0 bridgehead atoms. The van der Waals surface area contributed by atoms with Gasteiger partial charge >= 0.3 is 0 Å². The molecule has 0 radical (unpaired) electrons. The SMILES string of the molecule is CCc1ccc(Oc2coc3cc(OCC(=O)Nc4ccc(Cl)cc4C(=O)c4ccccc4)ccc3c2=O)cc1. The Morgan fingerprint density at radius 2 is 1.65 bits per heavy atom. The predicted octanol–water partition coefficient (Wildman–Crippen LogP) is 7.05. The molecule has 0 unspecified atom stereocenters. The monoisotopic (exact) mass is 553 g/mol. The number of amides is 1. The molecule has 8 heteroatoms. The summed E-state index contributed by atoms with van der Waals surface area (Å²) >= 11 is 6.12. The number of anilines is 1. The second kappa shape index (κ2) is 11.9. The Morgan fingerprint density at radius 1 is 0.900 bits per heavy atom. The zero-order valence-electron chi connectivity index (χ0n) is 21.5. The average molecular weight is 554 g/mol.